The van der Waals surface area contributed by atoms with Crippen molar-refractivity contribution in [3.63, 3.8) is 0 Å². The predicted molar refractivity (Wildman–Crippen MR) is 51.5 cm³/mol. The second-order valence-electron chi connectivity index (χ2n) is 3.46. The number of aromatic nitrogens is 2. The number of nitrogens with zero attached hydrogens (tertiary/aromatic N) is 2. The monoisotopic (exact) mass is 197 g/mol. The normalized spacial score (nSPS) is 14.8. The van der Waals surface area contributed by atoms with E-state index in [0.29, 0.717) is 13.0 Å². The molecule has 5 heteroatoms. The van der Waals surface area contributed by atoms with Crippen LogP contribution in [-0.4, -0.2) is 28.2 Å². The number of hydrogen-bond donors (Lipinski definition) is 1. The fourth-order valence-corrected chi connectivity index (χ4v) is 1.12. The predicted octanol–water partition coefficient (Wildman–Crippen LogP) is 0.164. The Balaban J connectivity index is 2.48. The van der Waals surface area contributed by atoms with Crippen LogP contribution in [0.1, 0.15) is 13.3 Å². The zero-order chi connectivity index (χ0) is 10.6. The summed E-state index contributed by atoms with van der Waals surface area (Å²) in [7, 11) is 1.34. The number of carbonyl (C=O) groups excluding carboxylic acids is 1. The average molecular weight is 197 g/mol. The molecule has 0 aromatic carbocycles. The van der Waals surface area contributed by atoms with Crippen LogP contribution >= 0.6 is 0 Å². The molecule has 1 unspecified atom stereocenters. The molecule has 0 spiro atoms. The first kappa shape index (κ1) is 10.7. The minimum absolute atomic E-state index is 0.391. The lowest BCUT2D eigenvalue weighted by Gasteiger charge is -2.21. The molecule has 0 radical (unpaired) electrons. The van der Waals surface area contributed by atoms with Crippen molar-refractivity contribution in [3.8, 4) is 0 Å². The lowest BCUT2D eigenvalue weighted by atomic mass is 10.00. The van der Waals surface area contributed by atoms with Gasteiger partial charge in [0.15, 0.2) is 0 Å². The molecule has 0 bridgehead atoms. The van der Waals surface area contributed by atoms with E-state index in [2.05, 4.69) is 9.72 Å². The number of carbonyl (C=O) groups is 1. The van der Waals surface area contributed by atoms with E-state index in [0.717, 1.165) is 0 Å². The van der Waals surface area contributed by atoms with E-state index in [1.807, 2.05) is 10.8 Å². The molecule has 1 aromatic rings. The van der Waals surface area contributed by atoms with Crippen LogP contribution in [0.15, 0.2) is 18.7 Å². The van der Waals surface area contributed by atoms with Crippen molar-refractivity contribution >= 4 is 5.97 Å². The van der Waals surface area contributed by atoms with Gasteiger partial charge in [0.2, 0.25) is 0 Å². The quantitative estimate of drug-likeness (QED) is 0.698. The molecular weight excluding hydrogens is 182 g/mol. The van der Waals surface area contributed by atoms with Crippen molar-refractivity contribution in [2.45, 2.75) is 25.4 Å². The van der Waals surface area contributed by atoms with E-state index >= 15 is 0 Å². The Labute approximate surface area is 82.9 Å². The fourth-order valence-electron chi connectivity index (χ4n) is 1.12. The van der Waals surface area contributed by atoms with Gasteiger partial charge in [0.25, 0.3) is 0 Å². The average Bonchev–Trinajstić information content (AvgIpc) is 2.66. The first-order valence-electron chi connectivity index (χ1n) is 4.39. The molecule has 1 heterocycles. The smallest absolute Gasteiger partial charge is 0.325 e. The molecule has 0 saturated carbocycles. The summed E-state index contributed by atoms with van der Waals surface area (Å²) >= 11 is 0. The number of methoxy groups -OCH3 is 1. The molecule has 2 N–H and O–H groups in total. The minimum atomic E-state index is -0.932. The molecule has 0 saturated heterocycles. The van der Waals surface area contributed by atoms with Crippen LogP contribution in [0.5, 0.6) is 0 Å². The SMILES string of the molecule is COC(=O)C(C)(N)CCn1ccnc1. The molecule has 0 aliphatic carbocycles. The van der Waals surface area contributed by atoms with Crippen molar-refractivity contribution in [2.75, 3.05) is 7.11 Å². The molecule has 0 amide bonds. The number of rotatable bonds is 4. The maximum Gasteiger partial charge on any atom is 0.325 e. The Morgan fingerprint density at radius 3 is 2.93 bits per heavy atom. The maximum atomic E-state index is 11.2. The highest BCUT2D eigenvalue weighted by molar-refractivity contribution is 5.79. The number of nitrogens with two attached hydrogens (primary N) is 1. The van der Waals surface area contributed by atoms with Crippen LogP contribution in [-0.2, 0) is 16.1 Å². The fraction of sp³-hybridized carbons (Fsp3) is 0.556. The van der Waals surface area contributed by atoms with E-state index in [9.17, 15) is 4.79 Å². The Bertz CT molecular complexity index is 293. The molecule has 1 aromatic heterocycles. The van der Waals surface area contributed by atoms with E-state index in [1.165, 1.54) is 7.11 Å². The minimum Gasteiger partial charge on any atom is -0.468 e. The van der Waals surface area contributed by atoms with Crippen LogP contribution < -0.4 is 5.73 Å². The van der Waals surface area contributed by atoms with Gasteiger partial charge in [0.1, 0.15) is 5.54 Å². The molecule has 14 heavy (non-hydrogen) atoms. The lowest BCUT2D eigenvalue weighted by molar-refractivity contribution is -0.146. The third-order valence-corrected chi connectivity index (χ3v) is 2.10. The summed E-state index contributed by atoms with van der Waals surface area (Å²) in [6.45, 7) is 2.32. The van der Waals surface area contributed by atoms with Crippen molar-refractivity contribution < 1.29 is 9.53 Å². The Morgan fingerprint density at radius 2 is 2.43 bits per heavy atom. The summed E-state index contributed by atoms with van der Waals surface area (Å²) in [4.78, 5) is 15.1. The van der Waals surface area contributed by atoms with Crippen LogP contribution in [0, 0.1) is 0 Å². The number of imidazole rings is 1. The van der Waals surface area contributed by atoms with Crippen LogP contribution in [0.25, 0.3) is 0 Å². The summed E-state index contributed by atoms with van der Waals surface area (Å²) in [6.07, 6.45) is 5.72. The number of ether oxygens (including phenoxy) is 1. The second kappa shape index (κ2) is 4.23. The maximum absolute atomic E-state index is 11.2. The molecule has 0 aliphatic rings. The molecule has 0 fully saturated rings. The van der Waals surface area contributed by atoms with Gasteiger partial charge in [-0.25, -0.2) is 4.98 Å². The lowest BCUT2D eigenvalue weighted by Crippen LogP contribution is -2.46. The summed E-state index contributed by atoms with van der Waals surface area (Å²) in [5, 5.41) is 0. The third-order valence-electron chi connectivity index (χ3n) is 2.10. The number of esters is 1. The van der Waals surface area contributed by atoms with Gasteiger partial charge >= 0.3 is 5.97 Å². The van der Waals surface area contributed by atoms with E-state index in [1.54, 1.807) is 19.4 Å². The standard InChI is InChI=1S/C9H15N3O2/c1-9(10,8(13)14-2)3-5-12-6-4-11-7-12/h4,6-7H,3,5,10H2,1-2H3. The van der Waals surface area contributed by atoms with Crippen molar-refractivity contribution in [2.24, 2.45) is 5.73 Å². The molecule has 1 atom stereocenters. The van der Waals surface area contributed by atoms with Crippen LogP contribution in [0.3, 0.4) is 0 Å². The summed E-state index contributed by atoms with van der Waals surface area (Å²) in [5.41, 5.74) is 4.85. The van der Waals surface area contributed by atoms with Crippen molar-refractivity contribution in [3.05, 3.63) is 18.7 Å². The topological polar surface area (TPSA) is 70.1 Å². The Hall–Kier alpha value is -1.36. The first-order valence-corrected chi connectivity index (χ1v) is 4.39. The van der Waals surface area contributed by atoms with Crippen molar-refractivity contribution in [1.82, 2.24) is 9.55 Å². The largest absolute Gasteiger partial charge is 0.468 e. The van der Waals surface area contributed by atoms with Gasteiger partial charge in [-0.2, -0.15) is 0 Å². The molecule has 78 valence electrons. The van der Waals surface area contributed by atoms with Gasteiger partial charge in [-0.1, -0.05) is 0 Å². The molecule has 5 nitrogen and oxygen atoms in total. The van der Waals surface area contributed by atoms with Crippen molar-refractivity contribution in [1.29, 1.82) is 0 Å². The highest BCUT2D eigenvalue weighted by atomic mass is 16.5. The Morgan fingerprint density at radius 1 is 1.71 bits per heavy atom. The number of hydrogen-bond acceptors (Lipinski definition) is 4. The second-order valence-corrected chi connectivity index (χ2v) is 3.46. The zero-order valence-corrected chi connectivity index (χ0v) is 8.43. The van der Waals surface area contributed by atoms with E-state index in [-0.39, 0.29) is 0 Å². The van der Waals surface area contributed by atoms with Gasteiger partial charge in [-0.3, -0.25) is 4.79 Å². The van der Waals surface area contributed by atoms with Gasteiger partial charge in [0, 0.05) is 18.9 Å². The molecular formula is C9H15N3O2. The van der Waals surface area contributed by atoms with Gasteiger partial charge < -0.3 is 15.0 Å². The highest BCUT2D eigenvalue weighted by Gasteiger charge is 2.28. The number of aryl methyl sites for hydroxylation is 1. The summed E-state index contributed by atoms with van der Waals surface area (Å²) in [5.74, 6) is -0.391. The van der Waals surface area contributed by atoms with Crippen LogP contribution in [0.4, 0.5) is 0 Å². The van der Waals surface area contributed by atoms with Gasteiger partial charge in [-0.05, 0) is 13.3 Å². The first-order chi connectivity index (χ1) is 6.56. The van der Waals surface area contributed by atoms with Gasteiger partial charge in [0.05, 0.1) is 13.4 Å². The molecule has 0 aliphatic heterocycles. The summed E-state index contributed by atoms with van der Waals surface area (Å²) in [6, 6.07) is 0. The Kier molecular flexibility index (Phi) is 3.24. The van der Waals surface area contributed by atoms with Crippen LogP contribution in [0.2, 0.25) is 0 Å². The van der Waals surface area contributed by atoms with Gasteiger partial charge in [-0.15, -0.1) is 0 Å². The zero-order valence-electron chi connectivity index (χ0n) is 8.43. The molecule has 1 rings (SSSR count). The van der Waals surface area contributed by atoms with E-state index < -0.39 is 11.5 Å². The van der Waals surface area contributed by atoms with E-state index in [4.69, 9.17) is 5.73 Å². The highest BCUT2D eigenvalue weighted by Crippen LogP contribution is 2.09. The summed E-state index contributed by atoms with van der Waals surface area (Å²) < 4.78 is 6.47. The third kappa shape index (κ3) is 2.56.